The standard InChI is InChI=1S/C14H13N3OS2/c18-13(9-19-8-10-4-3-7-20-10)15-14-11-5-1-2-6-12(11)16-17-14/h1-7H,8-9H2,(H2,15,16,17,18). The summed E-state index contributed by atoms with van der Waals surface area (Å²) in [5.41, 5.74) is 0.925. The number of nitrogens with one attached hydrogen (secondary N) is 2. The van der Waals surface area contributed by atoms with Crippen molar-refractivity contribution < 1.29 is 4.79 Å². The molecule has 0 spiro atoms. The van der Waals surface area contributed by atoms with Crippen LogP contribution in [0.25, 0.3) is 10.9 Å². The SMILES string of the molecule is O=C(CSCc1cccs1)Nc1n[nH]c2ccccc12. The van der Waals surface area contributed by atoms with Gasteiger partial charge in [0.2, 0.25) is 5.91 Å². The van der Waals surface area contributed by atoms with Crippen molar-refractivity contribution in [2.75, 3.05) is 11.1 Å². The van der Waals surface area contributed by atoms with Gasteiger partial charge < -0.3 is 5.32 Å². The average molecular weight is 303 g/mol. The second kappa shape index (κ2) is 6.11. The maximum atomic E-state index is 11.9. The smallest absolute Gasteiger partial charge is 0.235 e. The molecule has 6 heteroatoms. The lowest BCUT2D eigenvalue weighted by molar-refractivity contribution is -0.113. The summed E-state index contributed by atoms with van der Waals surface area (Å²) < 4.78 is 0. The second-order valence-electron chi connectivity index (χ2n) is 4.24. The number of amides is 1. The summed E-state index contributed by atoms with van der Waals surface area (Å²) in [4.78, 5) is 13.2. The van der Waals surface area contributed by atoms with Crippen molar-refractivity contribution in [3.63, 3.8) is 0 Å². The number of fused-ring (bicyclic) bond motifs is 1. The van der Waals surface area contributed by atoms with Gasteiger partial charge in [-0.1, -0.05) is 18.2 Å². The number of thioether (sulfide) groups is 1. The Labute approximate surface area is 124 Å². The molecule has 2 aromatic heterocycles. The predicted octanol–water partition coefficient (Wildman–Crippen LogP) is 3.50. The van der Waals surface area contributed by atoms with Gasteiger partial charge in [-0.05, 0) is 23.6 Å². The first-order chi connectivity index (χ1) is 9.83. The lowest BCUT2D eigenvalue weighted by Crippen LogP contribution is -2.14. The Balaban J connectivity index is 1.56. The van der Waals surface area contributed by atoms with Crippen LogP contribution in [0.1, 0.15) is 4.88 Å². The van der Waals surface area contributed by atoms with E-state index in [4.69, 9.17) is 0 Å². The number of carbonyl (C=O) groups is 1. The van der Waals surface area contributed by atoms with E-state index in [1.165, 1.54) is 4.88 Å². The molecule has 0 saturated heterocycles. The molecule has 2 heterocycles. The molecule has 1 amide bonds. The van der Waals surface area contributed by atoms with Crippen molar-refractivity contribution in [1.82, 2.24) is 10.2 Å². The number of thiophene rings is 1. The van der Waals surface area contributed by atoms with E-state index in [-0.39, 0.29) is 5.91 Å². The number of aromatic amines is 1. The number of aromatic nitrogens is 2. The fraction of sp³-hybridized carbons (Fsp3) is 0.143. The van der Waals surface area contributed by atoms with Gasteiger partial charge >= 0.3 is 0 Å². The van der Waals surface area contributed by atoms with Gasteiger partial charge in [-0.25, -0.2) is 0 Å². The molecule has 20 heavy (non-hydrogen) atoms. The Hall–Kier alpha value is -1.79. The monoisotopic (exact) mass is 303 g/mol. The Kier molecular flexibility index (Phi) is 4.03. The van der Waals surface area contributed by atoms with E-state index in [2.05, 4.69) is 21.6 Å². The largest absolute Gasteiger partial charge is 0.308 e. The van der Waals surface area contributed by atoms with Gasteiger partial charge in [0.05, 0.1) is 11.3 Å². The molecule has 0 aliphatic carbocycles. The van der Waals surface area contributed by atoms with Crippen molar-refractivity contribution in [2.45, 2.75) is 5.75 Å². The fourth-order valence-electron chi connectivity index (χ4n) is 1.87. The van der Waals surface area contributed by atoms with E-state index in [1.54, 1.807) is 23.1 Å². The van der Waals surface area contributed by atoms with Crippen molar-refractivity contribution >= 4 is 45.7 Å². The van der Waals surface area contributed by atoms with Crippen LogP contribution in [0.3, 0.4) is 0 Å². The molecular formula is C14H13N3OS2. The van der Waals surface area contributed by atoms with Gasteiger partial charge in [0.15, 0.2) is 5.82 Å². The zero-order valence-corrected chi connectivity index (χ0v) is 12.3. The molecule has 3 rings (SSSR count). The van der Waals surface area contributed by atoms with E-state index in [0.717, 1.165) is 16.7 Å². The third kappa shape index (κ3) is 3.02. The zero-order chi connectivity index (χ0) is 13.8. The molecular weight excluding hydrogens is 290 g/mol. The van der Waals surface area contributed by atoms with Crippen molar-refractivity contribution in [2.24, 2.45) is 0 Å². The van der Waals surface area contributed by atoms with Crippen LogP contribution in [0.4, 0.5) is 5.82 Å². The van der Waals surface area contributed by atoms with Crippen molar-refractivity contribution in [3.8, 4) is 0 Å². The third-order valence-electron chi connectivity index (χ3n) is 2.79. The highest BCUT2D eigenvalue weighted by Gasteiger charge is 2.09. The molecule has 2 N–H and O–H groups in total. The average Bonchev–Trinajstić information content (AvgIpc) is 3.09. The van der Waals surface area contributed by atoms with Crippen molar-refractivity contribution in [1.29, 1.82) is 0 Å². The summed E-state index contributed by atoms with van der Waals surface area (Å²) in [6, 6.07) is 11.8. The van der Waals surface area contributed by atoms with Gasteiger partial charge in [0, 0.05) is 16.0 Å². The van der Waals surface area contributed by atoms with Gasteiger partial charge in [0.25, 0.3) is 0 Å². The first-order valence-electron chi connectivity index (χ1n) is 6.16. The van der Waals surface area contributed by atoms with E-state index < -0.39 is 0 Å². The van der Waals surface area contributed by atoms with Crippen LogP contribution < -0.4 is 5.32 Å². The molecule has 0 aliphatic heterocycles. The van der Waals surface area contributed by atoms with Crippen LogP contribution in [-0.4, -0.2) is 21.9 Å². The number of anilines is 1. The minimum absolute atomic E-state index is 0.0243. The first kappa shape index (κ1) is 13.2. The number of carbonyl (C=O) groups excluding carboxylic acids is 1. The Morgan fingerprint density at radius 2 is 2.20 bits per heavy atom. The van der Waals surface area contributed by atoms with Gasteiger partial charge in [0.1, 0.15) is 0 Å². The maximum absolute atomic E-state index is 11.9. The highest BCUT2D eigenvalue weighted by atomic mass is 32.2. The summed E-state index contributed by atoms with van der Waals surface area (Å²) in [5.74, 6) is 1.87. The third-order valence-corrected chi connectivity index (χ3v) is 4.83. The Bertz CT molecular complexity index is 706. The summed E-state index contributed by atoms with van der Waals surface area (Å²) in [6.07, 6.45) is 0. The van der Waals surface area contributed by atoms with E-state index in [1.807, 2.05) is 35.7 Å². The quantitative estimate of drug-likeness (QED) is 0.758. The van der Waals surface area contributed by atoms with Crippen molar-refractivity contribution in [3.05, 3.63) is 46.7 Å². The second-order valence-corrected chi connectivity index (χ2v) is 6.26. The molecule has 1 aromatic carbocycles. The molecule has 4 nitrogen and oxygen atoms in total. The fourth-order valence-corrected chi connectivity index (χ4v) is 3.53. The predicted molar refractivity (Wildman–Crippen MR) is 85.2 cm³/mol. The summed E-state index contributed by atoms with van der Waals surface area (Å²) in [6.45, 7) is 0. The summed E-state index contributed by atoms with van der Waals surface area (Å²) >= 11 is 3.32. The minimum Gasteiger partial charge on any atom is -0.308 e. The molecule has 0 aliphatic rings. The van der Waals surface area contributed by atoms with Crippen LogP contribution in [0.2, 0.25) is 0 Å². The topological polar surface area (TPSA) is 57.8 Å². The molecule has 102 valence electrons. The maximum Gasteiger partial charge on any atom is 0.235 e. The number of para-hydroxylation sites is 1. The molecule has 0 bridgehead atoms. The molecule has 3 aromatic rings. The molecule has 0 unspecified atom stereocenters. The summed E-state index contributed by atoms with van der Waals surface area (Å²) in [5, 5.41) is 12.9. The number of H-pyrrole nitrogens is 1. The lowest BCUT2D eigenvalue weighted by atomic mass is 10.2. The number of nitrogens with zero attached hydrogens (tertiary/aromatic N) is 1. The van der Waals surface area contributed by atoms with Crippen LogP contribution in [0, 0.1) is 0 Å². The van der Waals surface area contributed by atoms with E-state index in [9.17, 15) is 4.79 Å². The van der Waals surface area contributed by atoms with E-state index in [0.29, 0.717) is 11.6 Å². The Morgan fingerprint density at radius 3 is 3.05 bits per heavy atom. The zero-order valence-electron chi connectivity index (χ0n) is 10.6. The summed E-state index contributed by atoms with van der Waals surface area (Å²) in [7, 11) is 0. The van der Waals surface area contributed by atoms with Gasteiger partial charge in [-0.15, -0.1) is 23.1 Å². The first-order valence-corrected chi connectivity index (χ1v) is 8.19. The molecule has 0 radical (unpaired) electrons. The van der Waals surface area contributed by atoms with Crippen LogP contribution in [0.15, 0.2) is 41.8 Å². The molecule has 0 fully saturated rings. The van der Waals surface area contributed by atoms with Gasteiger partial charge in [-0.2, -0.15) is 5.10 Å². The normalized spacial score (nSPS) is 10.8. The number of hydrogen-bond acceptors (Lipinski definition) is 4. The Morgan fingerprint density at radius 1 is 1.30 bits per heavy atom. The van der Waals surface area contributed by atoms with E-state index >= 15 is 0 Å². The molecule has 0 atom stereocenters. The minimum atomic E-state index is -0.0243. The molecule has 0 saturated carbocycles. The van der Waals surface area contributed by atoms with Crippen LogP contribution in [-0.2, 0) is 10.5 Å². The van der Waals surface area contributed by atoms with Crippen LogP contribution in [0.5, 0.6) is 0 Å². The lowest BCUT2D eigenvalue weighted by Gasteiger charge is -2.02. The van der Waals surface area contributed by atoms with Gasteiger partial charge in [-0.3, -0.25) is 9.89 Å². The number of hydrogen-bond donors (Lipinski definition) is 2. The number of benzene rings is 1. The number of rotatable bonds is 5. The van der Waals surface area contributed by atoms with Crippen LogP contribution >= 0.6 is 23.1 Å². The highest BCUT2D eigenvalue weighted by molar-refractivity contribution is 7.99. The highest BCUT2D eigenvalue weighted by Crippen LogP contribution is 2.20.